The Morgan fingerprint density at radius 1 is 1.30 bits per heavy atom. The molecule has 0 bridgehead atoms. The summed E-state index contributed by atoms with van der Waals surface area (Å²) in [4.78, 5) is 12.2. The molecule has 1 aromatic carbocycles. The van der Waals surface area contributed by atoms with Gasteiger partial charge in [0, 0.05) is 23.7 Å². The quantitative estimate of drug-likeness (QED) is 0.581. The predicted octanol–water partition coefficient (Wildman–Crippen LogP) is 1.96. The van der Waals surface area contributed by atoms with E-state index in [1.165, 1.54) is 0 Å². The van der Waals surface area contributed by atoms with Crippen molar-refractivity contribution in [2.45, 2.75) is 38.6 Å². The Labute approximate surface area is 119 Å². The molecule has 5 heteroatoms. The highest BCUT2D eigenvalue weighted by Gasteiger charge is 2.25. The number of anilines is 1. The second-order valence-corrected chi connectivity index (χ2v) is 5.39. The van der Waals surface area contributed by atoms with Gasteiger partial charge in [0.15, 0.2) is 0 Å². The van der Waals surface area contributed by atoms with Gasteiger partial charge in [-0.25, -0.2) is 0 Å². The van der Waals surface area contributed by atoms with Crippen LogP contribution in [0.3, 0.4) is 0 Å². The number of methoxy groups -OCH3 is 1. The summed E-state index contributed by atoms with van der Waals surface area (Å²) in [7, 11) is 1.63. The molecule has 0 aromatic heterocycles. The van der Waals surface area contributed by atoms with Crippen LogP contribution in [-0.4, -0.2) is 19.1 Å². The fourth-order valence-electron chi connectivity index (χ4n) is 2.66. The third kappa shape index (κ3) is 3.49. The molecule has 0 radical (unpaired) electrons. The van der Waals surface area contributed by atoms with E-state index in [0.717, 1.165) is 42.7 Å². The molecule has 1 saturated carbocycles. The van der Waals surface area contributed by atoms with E-state index >= 15 is 0 Å². The fraction of sp³-hybridized carbons (Fsp3) is 0.533. The third-order valence-electron chi connectivity index (χ3n) is 4.01. The van der Waals surface area contributed by atoms with Gasteiger partial charge in [-0.15, -0.1) is 0 Å². The molecule has 4 N–H and O–H groups in total. The second-order valence-electron chi connectivity index (χ2n) is 5.39. The molecule has 2 rings (SSSR count). The first-order valence-electron chi connectivity index (χ1n) is 7.05. The first kappa shape index (κ1) is 14.8. The van der Waals surface area contributed by atoms with Crippen molar-refractivity contribution in [1.82, 2.24) is 5.43 Å². The van der Waals surface area contributed by atoms with Crippen molar-refractivity contribution in [2.24, 2.45) is 11.8 Å². The third-order valence-corrected chi connectivity index (χ3v) is 4.01. The highest BCUT2D eigenvalue weighted by Crippen LogP contribution is 2.27. The van der Waals surface area contributed by atoms with Gasteiger partial charge in [-0.1, -0.05) is 6.07 Å². The lowest BCUT2D eigenvalue weighted by Crippen LogP contribution is -2.39. The minimum absolute atomic E-state index is 0.0758. The normalized spacial score (nSPS) is 22.4. The zero-order chi connectivity index (χ0) is 14.5. The fourth-order valence-corrected chi connectivity index (χ4v) is 2.66. The number of nitrogens with one attached hydrogen (secondary N) is 2. The minimum Gasteiger partial charge on any atom is -0.496 e. The average Bonchev–Trinajstić information content (AvgIpc) is 2.49. The van der Waals surface area contributed by atoms with Crippen molar-refractivity contribution in [3.8, 4) is 5.75 Å². The Morgan fingerprint density at radius 2 is 2.00 bits per heavy atom. The van der Waals surface area contributed by atoms with Gasteiger partial charge in [-0.3, -0.25) is 16.1 Å². The number of rotatable bonds is 4. The maximum Gasteiger partial charge on any atom is 0.227 e. The maximum absolute atomic E-state index is 12.2. The van der Waals surface area contributed by atoms with Crippen LogP contribution in [-0.2, 0) is 4.79 Å². The maximum atomic E-state index is 12.2. The Hall–Kier alpha value is -1.59. The van der Waals surface area contributed by atoms with E-state index in [9.17, 15) is 4.79 Å². The smallest absolute Gasteiger partial charge is 0.227 e. The molecule has 5 nitrogen and oxygen atoms in total. The number of nitrogens with two attached hydrogens (primary N) is 1. The zero-order valence-electron chi connectivity index (χ0n) is 12.1. The number of aryl methyl sites for hydroxylation is 1. The summed E-state index contributed by atoms with van der Waals surface area (Å²) in [6, 6.07) is 6.06. The van der Waals surface area contributed by atoms with Crippen LogP contribution in [0, 0.1) is 12.8 Å². The van der Waals surface area contributed by atoms with Gasteiger partial charge in [-0.05, 0) is 44.2 Å². The molecule has 0 unspecified atom stereocenters. The van der Waals surface area contributed by atoms with E-state index in [4.69, 9.17) is 10.6 Å². The van der Waals surface area contributed by atoms with Crippen LogP contribution in [0.2, 0.25) is 0 Å². The molecule has 110 valence electrons. The minimum atomic E-state index is 0.0758. The summed E-state index contributed by atoms with van der Waals surface area (Å²) in [5, 5.41) is 2.98. The molecule has 1 aliphatic rings. The van der Waals surface area contributed by atoms with Crippen molar-refractivity contribution >= 4 is 11.6 Å². The average molecular weight is 277 g/mol. The van der Waals surface area contributed by atoms with Gasteiger partial charge in [0.05, 0.1) is 7.11 Å². The van der Waals surface area contributed by atoms with E-state index in [-0.39, 0.29) is 11.8 Å². The molecule has 1 aliphatic carbocycles. The van der Waals surface area contributed by atoms with E-state index in [2.05, 4.69) is 10.7 Å². The molecule has 0 saturated heterocycles. The van der Waals surface area contributed by atoms with Crippen molar-refractivity contribution in [3.05, 3.63) is 23.8 Å². The van der Waals surface area contributed by atoms with Crippen LogP contribution in [0.5, 0.6) is 5.75 Å². The van der Waals surface area contributed by atoms with Gasteiger partial charge < -0.3 is 10.1 Å². The Bertz CT molecular complexity index is 468. The monoisotopic (exact) mass is 277 g/mol. The largest absolute Gasteiger partial charge is 0.496 e. The van der Waals surface area contributed by atoms with Crippen LogP contribution in [0.15, 0.2) is 18.2 Å². The van der Waals surface area contributed by atoms with Crippen molar-refractivity contribution in [1.29, 1.82) is 0 Å². The molecular weight excluding hydrogens is 254 g/mol. The molecule has 0 aliphatic heterocycles. The van der Waals surface area contributed by atoms with Crippen LogP contribution in [0.4, 0.5) is 5.69 Å². The summed E-state index contributed by atoms with van der Waals surface area (Å²) in [6.07, 6.45) is 3.66. The van der Waals surface area contributed by atoms with Gasteiger partial charge in [0.1, 0.15) is 5.75 Å². The molecule has 0 heterocycles. The van der Waals surface area contributed by atoms with Crippen LogP contribution in [0.25, 0.3) is 0 Å². The van der Waals surface area contributed by atoms with E-state index in [1.54, 1.807) is 7.11 Å². The number of hydrogen-bond donors (Lipinski definition) is 3. The number of carbonyl (C=O) groups excluding carboxylic acids is 1. The number of amides is 1. The molecule has 0 atom stereocenters. The summed E-state index contributed by atoms with van der Waals surface area (Å²) in [6.45, 7) is 1.98. The van der Waals surface area contributed by atoms with Crippen LogP contribution >= 0.6 is 0 Å². The summed E-state index contributed by atoms with van der Waals surface area (Å²) < 4.78 is 5.27. The predicted molar refractivity (Wildman–Crippen MR) is 79.4 cm³/mol. The lowest BCUT2D eigenvalue weighted by atomic mass is 9.85. The van der Waals surface area contributed by atoms with Gasteiger partial charge in [0.2, 0.25) is 5.91 Å². The molecule has 1 amide bonds. The second kappa shape index (κ2) is 6.72. The summed E-state index contributed by atoms with van der Waals surface area (Å²) in [5.74, 6) is 6.39. The molecule has 1 fully saturated rings. The first-order chi connectivity index (χ1) is 9.63. The standard InChI is InChI=1S/C15H23N3O2/c1-10-3-6-13(9-14(10)20-2)17-15(19)11-4-7-12(18-16)8-5-11/h3,6,9,11-12,18H,4-5,7-8,16H2,1-2H3,(H,17,19). The number of carbonyl (C=O) groups is 1. The van der Waals surface area contributed by atoms with E-state index in [0.29, 0.717) is 6.04 Å². The van der Waals surface area contributed by atoms with Crippen molar-refractivity contribution < 1.29 is 9.53 Å². The molecule has 1 aromatic rings. The van der Waals surface area contributed by atoms with Gasteiger partial charge in [-0.2, -0.15) is 0 Å². The molecule has 0 spiro atoms. The van der Waals surface area contributed by atoms with Gasteiger partial charge >= 0.3 is 0 Å². The Balaban J connectivity index is 1.95. The molecule has 20 heavy (non-hydrogen) atoms. The SMILES string of the molecule is COc1cc(NC(=O)C2CCC(NN)CC2)ccc1C. The van der Waals surface area contributed by atoms with Crippen LogP contribution < -0.4 is 21.3 Å². The topological polar surface area (TPSA) is 76.4 Å². The highest BCUT2D eigenvalue weighted by molar-refractivity contribution is 5.92. The zero-order valence-corrected chi connectivity index (χ0v) is 12.1. The van der Waals surface area contributed by atoms with E-state index in [1.807, 2.05) is 25.1 Å². The lowest BCUT2D eigenvalue weighted by Gasteiger charge is -2.27. The first-order valence-corrected chi connectivity index (χ1v) is 7.05. The Kier molecular flexibility index (Phi) is 4.98. The number of ether oxygens (including phenoxy) is 1. The summed E-state index contributed by atoms with van der Waals surface area (Å²) >= 11 is 0. The summed E-state index contributed by atoms with van der Waals surface area (Å²) in [5.41, 5.74) is 4.63. The lowest BCUT2D eigenvalue weighted by molar-refractivity contribution is -0.120. The highest BCUT2D eigenvalue weighted by atomic mass is 16.5. The molecular formula is C15H23N3O2. The number of benzene rings is 1. The van der Waals surface area contributed by atoms with Crippen molar-refractivity contribution in [3.63, 3.8) is 0 Å². The van der Waals surface area contributed by atoms with E-state index < -0.39 is 0 Å². The van der Waals surface area contributed by atoms with Crippen LogP contribution in [0.1, 0.15) is 31.2 Å². The number of hydrazine groups is 1. The number of hydrogen-bond acceptors (Lipinski definition) is 4. The van der Waals surface area contributed by atoms with Crippen molar-refractivity contribution in [2.75, 3.05) is 12.4 Å². The van der Waals surface area contributed by atoms with Gasteiger partial charge in [0.25, 0.3) is 0 Å². The Morgan fingerprint density at radius 3 is 2.60 bits per heavy atom.